The van der Waals surface area contributed by atoms with Crippen molar-refractivity contribution in [2.75, 3.05) is 24.8 Å². The molecule has 1 rings (SSSR count). The number of nitrogens with one attached hydrogen (secondary N) is 1. The van der Waals surface area contributed by atoms with Gasteiger partial charge in [-0.1, -0.05) is 90.4 Å². The number of halogens is 1. The normalized spacial score (nSPS) is 16.2. The number of thioether (sulfide) groups is 1. The molecule has 0 fully saturated rings. The van der Waals surface area contributed by atoms with E-state index >= 15 is 0 Å². The Kier molecular flexibility index (Phi) is 20.0. The molecular weight excluding hydrogens is 360 g/mol. The van der Waals surface area contributed by atoms with E-state index in [4.69, 9.17) is 0 Å². The van der Waals surface area contributed by atoms with Gasteiger partial charge in [0.2, 0.25) is 0 Å². The molecule has 1 aliphatic heterocycles. The van der Waals surface area contributed by atoms with Crippen molar-refractivity contribution in [1.82, 2.24) is 4.90 Å². The molecule has 0 bridgehead atoms. The Hall–Kier alpha value is 0.140. The van der Waals surface area contributed by atoms with Crippen LogP contribution in [0.15, 0.2) is 12.4 Å². The highest BCUT2D eigenvalue weighted by molar-refractivity contribution is 7.99. The van der Waals surface area contributed by atoms with E-state index in [-0.39, 0.29) is 12.4 Å². The maximum absolute atomic E-state index is 2.45. The van der Waals surface area contributed by atoms with Gasteiger partial charge < -0.3 is 17.3 Å². The average molecular weight is 405 g/mol. The van der Waals surface area contributed by atoms with Crippen LogP contribution in [0, 0.1) is 0 Å². The molecule has 1 aliphatic rings. The molecule has 0 spiro atoms. The summed E-state index contributed by atoms with van der Waals surface area (Å²) in [7, 11) is 0. The van der Waals surface area contributed by atoms with Crippen LogP contribution in [0.3, 0.4) is 0 Å². The molecule has 1 unspecified atom stereocenters. The summed E-state index contributed by atoms with van der Waals surface area (Å²) in [6, 6.07) is 0. The first-order valence-corrected chi connectivity index (χ1v) is 12.4. The fourth-order valence-corrected chi connectivity index (χ4v) is 4.43. The topological polar surface area (TPSA) is 7.68 Å². The lowest BCUT2D eigenvalue weighted by Gasteiger charge is -2.15. The summed E-state index contributed by atoms with van der Waals surface area (Å²) in [6.45, 7) is 6.93. The molecule has 2 nitrogen and oxygen atoms in total. The van der Waals surface area contributed by atoms with Gasteiger partial charge in [-0.3, -0.25) is 4.90 Å². The minimum atomic E-state index is 0. The van der Waals surface area contributed by atoms with Gasteiger partial charge in [0.05, 0.1) is 18.6 Å². The molecule has 1 heterocycles. The molecule has 0 aromatic carbocycles. The smallest absolute Gasteiger partial charge is 0.157 e. The lowest BCUT2D eigenvalue weighted by molar-refractivity contribution is -0.846. The van der Waals surface area contributed by atoms with E-state index in [1.54, 1.807) is 4.90 Å². The van der Waals surface area contributed by atoms with Gasteiger partial charge in [-0.05, 0) is 19.1 Å². The van der Waals surface area contributed by atoms with Crippen molar-refractivity contribution < 1.29 is 17.3 Å². The number of hydrogen-bond donors (Lipinski definition) is 1. The van der Waals surface area contributed by atoms with E-state index in [0.29, 0.717) is 0 Å². The maximum atomic E-state index is 2.45. The molecule has 156 valence electrons. The summed E-state index contributed by atoms with van der Waals surface area (Å²) in [5.74, 6) is 2.52. The highest BCUT2D eigenvalue weighted by Gasteiger charge is 2.13. The zero-order valence-electron chi connectivity index (χ0n) is 17.6. The molecular formula is C22H45ClN2S. The van der Waals surface area contributed by atoms with E-state index in [1.165, 1.54) is 115 Å². The van der Waals surface area contributed by atoms with Crippen LogP contribution in [-0.2, 0) is 0 Å². The second-order valence-electron chi connectivity index (χ2n) is 7.71. The maximum Gasteiger partial charge on any atom is 0.157 e. The van der Waals surface area contributed by atoms with Gasteiger partial charge in [-0.2, -0.15) is 0 Å². The number of hydrogen-bond acceptors (Lipinski definition) is 2. The zero-order valence-corrected chi connectivity index (χ0v) is 19.2. The van der Waals surface area contributed by atoms with Crippen LogP contribution in [0.5, 0.6) is 0 Å². The van der Waals surface area contributed by atoms with Gasteiger partial charge in [-0.15, -0.1) is 11.8 Å². The minimum absolute atomic E-state index is 0. The standard InChI is InChI=1S/C22H44N2S.ClH/c1-3-5-6-7-8-9-10-11-12-13-14-15-16-17-20-25-22-24-19-18-23(4-2)21-24;/h18-19H,3-17,20-22H2,1-2H3;1H. The van der Waals surface area contributed by atoms with Crippen LogP contribution in [0.2, 0.25) is 0 Å². The van der Waals surface area contributed by atoms with Crippen LogP contribution in [0.1, 0.15) is 104 Å². The van der Waals surface area contributed by atoms with Crippen LogP contribution >= 0.6 is 11.8 Å². The monoisotopic (exact) mass is 404 g/mol. The summed E-state index contributed by atoms with van der Waals surface area (Å²) in [6.07, 6.45) is 24.9. The Labute approximate surface area is 175 Å². The molecule has 1 N–H and O–H groups in total. The first-order chi connectivity index (χ1) is 12.4. The van der Waals surface area contributed by atoms with Crippen LogP contribution < -0.4 is 17.3 Å². The molecule has 0 amide bonds. The minimum Gasteiger partial charge on any atom is -1.00 e. The summed E-state index contributed by atoms with van der Waals surface area (Å²) in [4.78, 5) is 4.03. The lowest BCUT2D eigenvalue weighted by atomic mass is 10.0. The van der Waals surface area contributed by atoms with Crippen molar-refractivity contribution in [3.8, 4) is 0 Å². The molecule has 0 saturated carbocycles. The van der Waals surface area contributed by atoms with Crippen LogP contribution in [0.25, 0.3) is 0 Å². The first kappa shape index (κ1) is 26.1. The van der Waals surface area contributed by atoms with Crippen molar-refractivity contribution in [1.29, 1.82) is 0 Å². The zero-order chi connectivity index (χ0) is 18.0. The molecule has 0 saturated heterocycles. The van der Waals surface area contributed by atoms with Crippen molar-refractivity contribution in [2.24, 2.45) is 0 Å². The summed E-state index contributed by atoms with van der Waals surface area (Å²) in [5, 5.41) is 0. The van der Waals surface area contributed by atoms with Crippen molar-refractivity contribution in [3.63, 3.8) is 0 Å². The molecule has 1 atom stereocenters. The number of rotatable bonds is 18. The van der Waals surface area contributed by atoms with Crippen LogP contribution in [0.4, 0.5) is 0 Å². The van der Waals surface area contributed by atoms with Crippen molar-refractivity contribution >= 4 is 11.8 Å². The highest BCUT2D eigenvalue weighted by atomic mass is 35.5. The molecule has 0 aliphatic carbocycles. The van der Waals surface area contributed by atoms with Gasteiger partial charge in [0, 0.05) is 0 Å². The SMILES string of the molecule is CCCCCCCCCCCCCCCCSCN1C=C[NH+](CC)C1.[Cl-]. The van der Waals surface area contributed by atoms with E-state index < -0.39 is 0 Å². The van der Waals surface area contributed by atoms with Gasteiger partial charge in [-0.25, -0.2) is 0 Å². The predicted molar refractivity (Wildman–Crippen MR) is 115 cm³/mol. The van der Waals surface area contributed by atoms with Crippen molar-refractivity contribution in [3.05, 3.63) is 12.4 Å². The number of quaternary nitrogens is 1. The van der Waals surface area contributed by atoms with Crippen LogP contribution in [-0.4, -0.2) is 29.7 Å². The van der Waals surface area contributed by atoms with Crippen molar-refractivity contribution in [2.45, 2.75) is 104 Å². The highest BCUT2D eigenvalue weighted by Crippen LogP contribution is 2.14. The van der Waals surface area contributed by atoms with E-state index in [9.17, 15) is 0 Å². The van der Waals surface area contributed by atoms with E-state index in [0.717, 1.165) is 0 Å². The second kappa shape index (κ2) is 19.9. The summed E-state index contributed by atoms with van der Waals surface area (Å²) < 4.78 is 0. The number of nitrogens with zero attached hydrogens (tertiary/aromatic N) is 1. The third-order valence-electron chi connectivity index (χ3n) is 5.28. The van der Waals surface area contributed by atoms with Gasteiger partial charge >= 0.3 is 0 Å². The average Bonchev–Trinajstić information content (AvgIpc) is 3.09. The van der Waals surface area contributed by atoms with Gasteiger partial charge in [0.1, 0.15) is 6.20 Å². The molecule has 0 aromatic rings. The van der Waals surface area contributed by atoms with E-state index in [2.05, 4.69) is 42.9 Å². The fraction of sp³-hybridized carbons (Fsp3) is 0.909. The molecule has 0 aromatic heterocycles. The summed E-state index contributed by atoms with van der Waals surface area (Å²) >= 11 is 2.11. The lowest BCUT2D eigenvalue weighted by Crippen LogP contribution is -3.06. The predicted octanol–water partition coefficient (Wildman–Crippen LogP) is 2.81. The quantitative estimate of drug-likeness (QED) is 0.351. The molecule has 0 radical (unpaired) electrons. The third kappa shape index (κ3) is 15.2. The summed E-state index contributed by atoms with van der Waals surface area (Å²) in [5.41, 5.74) is 0. The van der Waals surface area contributed by atoms with Gasteiger partial charge in [0.15, 0.2) is 6.67 Å². The first-order valence-electron chi connectivity index (χ1n) is 11.2. The Bertz CT molecular complexity index is 313. The van der Waals surface area contributed by atoms with E-state index in [1.807, 2.05) is 0 Å². The Morgan fingerprint density at radius 1 is 0.769 bits per heavy atom. The molecule has 4 heteroatoms. The fourth-order valence-electron chi connectivity index (χ4n) is 3.48. The molecule has 26 heavy (non-hydrogen) atoms. The largest absolute Gasteiger partial charge is 1.00 e. The number of unbranched alkanes of at least 4 members (excludes halogenated alkanes) is 13. The Morgan fingerprint density at radius 3 is 1.73 bits per heavy atom. The third-order valence-corrected chi connectivity index (χ3v) is 6.37. The Balaban J connectivity index is 0.00000625. The van der Waals surface area contributed by atoms with Gasteiger partial charge in [0.25, 0.3) is 0 Å². The Morgan fingerprint density at radius 2 is 1.27 bits per heavy atom. The second-order valence-corrected chi connectivity index (χ2v) is 8.78.